The Balaban J connectivity index is 1.99. The second-order valence-electron chi connectivity index (χ2n) is 5.26. The molecule has 1 saturated heterocycles. The summed E-state index contributed by atoms with van der Waals surface area (Å²) in [6.07, 6.45) is 2.15. The Labute approximate surface area is 123 Å². The van der Waals surface area contributed by atoms with Crippen LogP contribution in [-0.2, 0) is 14.6 Å². The molecule has 1 amide bonds. The Morgan fingerprint density at radius 2 is 2.14 bits per heavy atom. The minimum Gasteiger partial charge on any atom is -0.303 e. The van der Waals surface area contributed by atoms with Crippen LogP contribution in [-0.4, -0.2) is 44.1 Å². The number of hydrogen-bond donors (Lipinski definition) is 0. The van der Waals surface area contributed by atoms with Crippen LogP contribution in [0.4, 0.5) is 5.69 Å². The predicted octanol–water partition coefficient (Wildman–Crippen LogP) is 1.20. The highest BCUT2D eigenvalue weighted by atomic mass is 32.2. The third-order valence-corrected chi connectivity index (χ3v) is 5.48. The van der Waals surface area contributed by atoms with Crippen molar-refractivity contribution in [3.8, 4) is 0 Å². The van der Waals surface area contributed by atoms with E-state index in [2.05, 4.69) is 11.6 Å². The fourth-order valence-corrected chi connectivity index (χ4v) is 4.38. The van der Waals surface area contributed by atoms with Gasteiger partial charge in [-0.25, -0.2) is 8.42 Å². The standard InChI is InChI=1S/C15H16N2O3S/c1-2-8-17-13-6-4-3-5-12(13)14(15(17)18)16-11-7-9-21(19,20)10-11/h2-6,11H,1,7-10H2/t11-/m1/s1. The van der Waals surface area contributed by atoms with Gasteiger partial charge in [-0.05, 0) is 12.5 Å². The van der Waals surface area contributed by atoms with E-state index in [0.717, 1.165) is 11.3 Å². The highest BCUT2D eigenvalue weighted by Gasteiger charge is 2.35. The zero-order valence-corrected chi connectivity index (χ0v) is 12.3. The maximum atomic E-state index is 12.5. The van der Waals surface area contributed by atoms with Gasteiger partial charge in [0.05, 0.1) is 23.2 Å². The second-order valence-corrected chi connectivity index (χ2v) is 7.48. The minimum absolute atomic E-state index is 0.0351. The molecule has 0 radical (unpaired) electrons. The van der Waals surface area contributed by atoms with Crippen LogP contribution in [0.25, 0.3) is 0 Å². The molecule has 1 aromatic rings. The maximum absolute atomic E-state index is 12.5. The predicted molar refractivity (Wildman–Crippen MR) is 82.6 cm³/mol. The quantitative estimate of drug-likeness (QED) is 0.788. The summed E-state index contributed by atoms with van der Waals surface area (Å²) in [7, 11) is -3.00. The molecule has 110 valence electrons. The van der Waals surface area contributed by atoms with Gasteiger partial charge in [0, 0.05) is 12.1 Å². The normalized spacial score (nSPS) is 25.3. The van der Waals surface area contributed by atoms with E-state index in [-0.39, 0.29) is 23.5 Å². The number of benzene rings is 1. The van der Waals surface area contributed by atoms with Crippen molar-refractivity contribution in [2.75, 3.05) is 23.0 Å². The lowest BCUT2D eigenvalue weighted by atomic mass is 10.1. The fraction of sp³-hybridized carbons (Fsp3) is 0.333. The first-order valence-corrected chi connectivity index (χ1v) is 8.64. The SMILES string of the molecule is C=CCN1C(=O)C(=N[C@@H]2CCS(=O)(=O)C2)c2ccccc21. The van der Waals surface area contributed by atoms with Crippen LogP contribution in [0.3, 0.4) is 0 Å². The van der Waals surface area contributed by atoms with Gasteiger partial charge in [0.2, 0.25) is 0 Å². The lowest BCUT2D eigenvalue weighted by Crippen LogP contribution is -2.30. The van der Waals surface area contributed by atoms with Crippen LogP contribution in [0.15, 0.2) is 41.9 Å². The summed E-state index contributed by atoms with van der Waals surface area (Å²) in [6, 6.07) is 7.12. The van der Waals surface area contributed by atoms with Gasteiger partial charge in [-0.2, -0.15) is 0 Å². The molecule has 0 saturated carbocycles. The topological polar surface area (TPSA) is 66.8 Å². The molecule has 1 atom stereocenters. The average molecular weight is 304 g/mol. The summed E-state index contributed by atoms with van der Waals surface area (Å²) in [4.78, 5) is 18.6. The Morgan fingerprint density at radius 1 is 1.38 bits per heavy atom. The molecule has 2 aliphatic rings. The number of fused-ring (bicyclic) bond motifs is 1. The fourth-order valence-electron chi connectivity index (χ4n) is 2.76. The third-order valence-electron chi connectivity index (χ3n) is 3.73. The number of carbonyl (C=O) groups excluding carboxylic acids is 1. The number of para-hydroxylation sites is 1. The Kier molecular flexibility index (Phi) is 3.41. The van der Waals surface area contributed by atoms with E-state index < -0.39 is 9.84 Å². The summed E-state index contributed by atoms with van der Waals surface area (Å²) in [6.45, 7) is 4.08. The van der Waals surface area contributed by atoms with E-state index in [1.807, 2.05) is 24.3 Å². The van der Waals surface area contributed by atoms with E-state index >= 15 is 0 Å². The van der Waals surface area contributed by atoms with Gasteiger partial charge < -0.3 is 4.90 Å². The Morgan fingerprint density at radius 3 is 2.81 bits per heavy atom. The molecule has 0 spiro atoms. The molecule has 3 rings (SSSR count). The van der Waals surface area contributed by atoms with Crippen LogP contribution in [0.2, 0.25) is 0 Å². The van der Waals surface area contributed by atoms with Crippen molar-refractivity contribution in [2.24, 2.45) is 4.99 Å². The summed E-state index contributed by atoms with van der Waals surface area (Å²) < 4.78 is 23.1. The number of carbonyl (C=O) groups is 1. The van der Waals surface area contributed by atoms with Gasteiger partial charge in [0.25, 0.3) is 5.91 Å². The number of anilines is 1. The molecule has 1 fully saturated rings. The third kappa shape index (κ3) is 2.51. The lowest BCUT2D eigenvalue weighted by molar-refractivity contribution is -0.112. The lowest BCUT2D eigenvalue weighted by Gasteiger charge is -2.13. The average Bonchev–Trinajstić information content (AvgIpc) is 2.92. The van der Waals surface area contributed by atoms with Crippen molar-refractivity contribution in [1.29, 1.82) is 0 Å². The van der Waals surface area contributed by atoms with Crippen LogP contribution in [0.5, 0.6) is 0 Å². The van der Waals surface area contributed by atoms with E-state index in [1.165, 1.54) is 0 Å². The number of aliphatic imine (C=N–C) groups is 1. The van der Waals surface area contributed by atoms with Gasteiger partial charge in [-0.3, -0.25) is 9.79 Å². The van der Waals surface area contributed by atoms with E-state index in [4.69, 9.17) is 0 Å². The van der Waals surface area contributed by atoms with Gasteiger partial charge in [0.1, 0.15) is 5.71 Å². The molecule has 6 heteroatoms. The van der Waals surface area contributed by atoms with Gasteiger partial charge in [-0.1, -0.05) is 24.3 Å². The zero-order valence-electron chi connectivity index (χ0n) is 11.5. The van der Waals surface area contributed by atoms with Crippen LogP contribution >= 0.6 is 0 Å². The highest BCUT2D eigenvalue weighted by Crippen LogP contribution is 2.30. The molecule has 5 nitrogen and oxygen atoms in total. The van der Waals surface area contributed by atoms with Gasteiger partial charge in [-0.15, -0.1) is 6.58 Å². The van der Waals surface area contributed by atoms with Crippen molar-refractivity contribution in [2.45, 2.75) is 12.5 Å². The summed E-state index contributed by atoms with van der Waals surface area (Å²) >= 11 is 0. The van der Waals surface area contributed by atoms with Gasteiger partial charge >= 0.3 is 0 Å². The minimum atomic E-state index is -3.00. The molecule has 0 unspecified atom stereocenters. The van der Waals surface area contributed by atoms with Crippen LogP contribution < -0.4 is 4.90 Å². The number of nitrogens with zero attached hydrogens (tertiary/aromatic N) is 2. The monoisotopic (exact) mass is 304 g/mol. The molecule has 0 aromatic heterocycles. The van der Waals surface area contributed by atoms with Crippen molar-refractivity contribution in [3.05, 3.63) is 42.5 Å². The molecule has 21 heavy (non-hydrogen) atoms. The molecular formula is C15H16N2O3S. The van der Waals surface area contributed by atoms with E-state index in [9.17, 15) is 13.2 Å². The van der Waals surface area contributed by atoms with E-state index in [0.29, 0.717) is 18.7 Å². The van der Waals surface area contributed by atoms with Crippen LogP contribution in [0, 0.1) is 0 Å². The Hall–Kier alpha value is -1.95. The first-order chi connectivity index (χ1) is 10.0. The van der Waals surface area contributed by atoms with Crippen molar-refractivity contribution >= 4 is 27.1 Å². The molecule has 2 aliphatic heterocycles. The Bertz CT molecular complexity index is 737. The number of rotatable bonds is 3. The largest absolute Gasteiger partial charge is 0.303 e. The smallest absolute Gasteiger partial charge is 0.277 e. The second kappa shape index (κ2) is 5.11. The van der Waals surface area contributed by atoms with Crippen LogP contribution in [0.1, 0.15) is 12.0 Å². The van der Waals surface area contributed by atoms with E-state index in [1.54, 1.807) is 11.0 Å². The summed E-state index contributed by atoms with van der Waals surface area (Å²) in [5, 5.41) is 0. The first kappa shape index (κ1) is 14.0. The first-order valence-electron chi connectivity index (χ1n) is 6.82. The molecule has 2 heterocycles. The molecule has 0 N–H and O–H groups in total. The highest BCUT2D eigenvalue weighted by molar-refractivity contribution is 7.91. The van der Waals surface area contributed by atoms with Gasteiger partial charge in [0.15, 0.2) is 9.84 Å². The zero-order chi connectivity index (χ0) is 15.0. The summed E-state index contributed by atoms with van der Waals surface area (Å²) in [5.41, 5.74) is 1.95. The molecule has 1 aromatic carbocycles. The van der Waals surface area contributed by atoms with Crippen molar-refractivity contribution in [3.63, 3.8) is 0 Å². The summed E-state index contributed by atoms with van der Waals surface area (Å²) in [5.74, 6) is 0.00837. The molecular weight excluding hydrogens is 288 g/mol. The molecule has 0 bridgehead atoms. The number of amides is 1. The van der Waals surface area contributed by atoms with Crippen molar-refractivity contribution < 1.29 is 13.2 Å². The maximum Gasteiger partial charge on any atom is 0.277 e. The number of sulfone groups is 1. The van der Waals surface area contributed by atoms with Crippen molar-refractivity contribution in [1.82, 2.24) is 0 Å². The number of hydrogen-bond acceptors (Lipinski definition) is 4. The molecule has 0 aliphatic carbocycles.